The zero-order chi connectivity index (χ0) is 9.68. The fourth-order valence-corrected chi connectivity index (χ4v) is 1.89. The van der Waals surface area contributed by atoms with Crippen molar-refractivity contribution in [2.75, 3.05) is 20.3 Å². The largest absolute Gasteiger partial charge is 0.381 e. The van der Waals surface area contributed by atoms with Gasteiger partial charge in [-0.1, -0.05) is 5.57 Å². The van der Waals surface area contributed by atoms with Crippen LogP contribution in [0.15, 0.2) is 12.2 Å². The number of nitrogens with one attached hydrogen (secondary N) is 1. The van der Waals surface area contributed by atoms with E-state index < -0.39 is 0 Å². The zero-order valence-electron chi connectivity index (χ0n) is 8.81. The lowest BCUT2D eigenvalue weighted by Crippen LogP contribution is -2.33. The van der Waals surface area contributed by atoms with E-state index in [0.29, 0.717) is 12.0 Å². The van der Waals surface area contributed by atoms with Crippen molar-refractivity contribution in [3.63, 3.8) is 0 Å². The molecule has 0 saturated carbocycles. The summed E-state index contributed by atoms with van der Waals surface area (Å²) in [5.74, 6) is 0.712. The van der Waals surface area contributed by atoms with Gasteiger partial charge in [0.15, 0.2) is 0 Å². The molecule has 1 N–H and O–H groups in total. The first-order valence-corrected chi connectivity index (χ1v) is 5.13. The molecule has 1 rings (SSSR count). The van der Waals surface area contributed by atoms with E-state index in [4.69, 9.17) is 4.74 Å². The zero-order valence-corrected chi connectivity index (χ0v) is 8.81. The Kier molecular flexibility index (Phi) is 4.46. The summed E-state index contributed by atoms with van der Waals surface area (Å²) >= 11 is 0. The van der Waals surface area contributed by atoms with Gasteiger partial charge in [0, 0.05) is 12.6 Å². The minimum atomic E-state index is 0.610. The van der Waals surface area contributed by atoms with Crippen LogP contribution in [0.3, 0.4) is 0 Å². The molecule has 1 saturated heterocycles. The molecule has 13 heavy (non-hydrogen) atoms. The second kappa shape index (κ2) is 5.40. The highest BCUT2D eigenvalue weighted by molar-refractivity contribution is 4.90. The van der Waals surface area contributed by atoms with Gasteiger partial charge in [-0.2, -0.15) is 0 Å². The van der Waals surface area contributed by atoms with Crippen LogP contribution < -0.4 is 5.32 Å². The summed E-state index contributed by atoms with van der Waals surface area (Å²) < 4.78 is 5.38. The molecule has 0 spiro atoms. The molecule has 0 aromatic carbocycles. The Morgan fingerprint density at radius 2 is 2.46 bits per heavy atom. The second-order valence-electron chi connectivity index (χ2n) is 4.01. The van der Waals surface area contributed by atoms with Gasteiger partial charge in [-0.05, 0) is 39.2 Å². The highest BCUT2D eigenvalue weighted by Crippen LogP contribution is 2.20. The average Bonchev–Trinajstić information content (AvgIpc) is 2.58. The van der Waals surface area contributed by atoms with Crippen molar-refractivity contribution in [2.45, 2.75) is 32.2 Å². The predicted octanol–water partition coefficient (Wildman–Crippen LogP) is 1.97. The maximum Gasteiger partial charge on any atom is 0.0510 e. The molecule has 1 aliphatic rings. The molecule has 0 aromatic heterocycles. The third-order valence-electron chi connectivity index (χ3n) is 2.79. The van der Waals surface area contributed by atoms with Gasteiger partial charge >= 0.3 is 0 Å². The van der Waals surface area contributed by atoms with E-state index >= 15 is 0 Å². The average molecular weight is 183 g/mol. The third kappa shape index (κ3) is 3.49. The molecule has 1 heterocycles. The van der Waals surface area contributed by atoms with Crippen molar-refractivity contribution in [3.8, 4) is 0 Å². The van der Waals surface area contributed by atoms with Crippen LogP contribution in [0.25, 0.3) is 0 Å². The summed E-state index contributed by atoms with van der Waals surface area (Å²) in [7, 11) is 2.04. The monoisotopic (exact) mass is 183 g/mol. The topological polar surface area (TPSA) is 21.3 Å². The van der Waals surface area contributed by atoms with Crippen LogP contribution in [0, 0.1) is 5.92 Å². The van der Waals surface area contributed by atoms with Gasteiger partial charge in [0.05, 0.1) is 6.61 Å². The quantitative estimate of drug-likeness (QED) is 0.658. The van der Waals surface area contributed by atoms with E-state index in [1.54, 1.807) is 0 Å². The molecule has 0 bridgehead atoms. The fourth-order valence-electron chi connectivity index (χ4n) is 1.89. The van der Waals surface area contributed by atoms with E-state index in [1.807, 2.05) is 7.05 Å². The van der Waals surface area contributed by atoms with Crippen LogP contribution in [0.4, 0.5) is 0 Å². The van der Waals surface area contributed by atoms with Crippen molar-refractivity contribution in [2.24, 2.45) is 5.92 Å². The number of ether oxygens (including phenoxy) is 1. The van der Waals surface area contributed by atoms with Crippen LogP contribution in [0.5, 0.6) is 0 Å². The van der Waals surface area contributed by atoms with Gasteiger partial charge in [-0.3, -0.25) is 0 Å². The maximum absolute atomic E-state index is 5.38. The summed E-state index contributed by atoms with van der Waals surface area (Å²) in [6, 6.07) is 0.610. The van der Waals surface area contributed by atoms with Gasteiger partial charge < -0.3 is 10.1 Å². The first kappa shape index (κ1) is 10.7. The summed E-state index contributed by atoms with van der Waals surface area (Å²) in [6.07, 6.45) is 3.53. The van der Waals surface area contributed by atoms with E-state index in [2.05, 4.69) is 18.8 Å². The van der Waals surface area contributed by atoms with Crippen LogP contribution in [0.2, 0.25) is 0 Å². The number of rotatable bonds is 5. The standard InChI is InChI=1S/C11H21NO/c1-9(2)4-5-11(12-3)10-6-7-13-8-10/h10-12H,1,4-8H2,2-3H3. The lowest BCUT2D eigenvalue weighted by Gasteiger charge is -2.21. The Morgan fingerprint density at radius 1 is 1.69 bits per heavy atom. The highest BCUT2D eigenvalue weighted by Gasteiger charge is 2.23. The highest BCUT2D eigenvalue weighted by atomic mass is 16.5. The van der Waals surface area contributed by atoms with Crippen molar-refractivity contribution in [1.29, 1.82) is 0 Å². The van der Waals surface area contributed by atoms with Gasteiger partial charge in [0.25, 0.3) is 0 Å². The molecule has 2 nitrogen and oxygen atoms in total. The molecule has 76 valence electrons. The molecule has 2 atom stereocenters. The third-order valence-corrected chi connectivity index (χ3v) is 2.79. The molecule has 0 aliphatic carbocycles. The van der Waals surface area contributed by atoms with Gasteiger partial charge in [-0.15, -0.1) is 6.58 Å². The number of hydrogen-bond acceptors (Lipinski definition) is 2. The van der Waals surface area contributed by atoms with Gasteiger partial charge in [0.1, 0.15) is 0 Å². The van der Waals surface area contributed by atoms with Crippen LogP contribution in [0.1, 0.15) is 26.2 Å². The molecule has 1 aliphatic heterocycles. The molecular weight excluding hydrogens is 162 g/mol. The van der Waals surface area contributed by atoms with Gasteiger partial charge in [-0.25, -0.2) is 0 Å². The first-order chi connectivity index (χ1) is 6.24. The van der Waals surface area contributed by atoms with E-state index in [-0.39, 0.29) is 0 Å². The molecule has 0 radical (unpaired) electrons. The lowest BCUT2D eigenvalue weighted by atomic mass is 9.94. The first-order valence-electron chi connectivity index (χ1n) is 5.13. The smallest absolute Gasteiger partial charge is 0.0510 e. The van der Waals surface area contributed by atoms with E-state index in [1.165, 1.54) is 18.4 Å². The molecule has 0 amide bonds. The van der Waals surface area contributed by atoms with Crippen molar-refractivity contribution in [1.82, 2.24) is 5.32 Å². The van der Waals surface area contributed by atoms with Crippen LogP contribution in [-0.4, -0.2) is 26.3 Å². The Balaban J connectivity index is 2.28. The summed E-state index contributed by atoms with van der Waals surface area (Å²) in [4.78, 5) is 0. The lowest BCUT2D eigenvalue weighted by molar-refractivity contribution is 0.176. The Labute approximate surface area is 81.4 Å². The summed E-state index contributed by atoms with van der Waals surface area (Å²) in [5.41, 5.74) is 1.28. The van der Waals surface area contributed by atoms with Crippen molar-refractivity contribution in [3.05, 3.63) is 12.2 Å². The van der Waals surface area contributed by atoms with E-state index in [9.17, 15) is 0 Å². The van der Waals surface area contributed by atoms with Crippen molar-refractivity contribution < 1.29 is 4.74 Å². The second-order valence-corrected chi connectivity index (χ2v) is 4.01. The molecule has 2 unspecified atom stereocenters. The fraction of sp³-hybridized carbons (Fsp3) is 0.818. The predicted molar refractivity (Wildman–Crippen MR) is 55.8 cm³/mol. The number of allylic oxidation sites excluding steroid dienone is 1. The molecule has 0 aromatic rings. The minimum absolute atomic E-state index is 0.610. The Bertz CT molecular complexity index is 161. The minimum Gasteiger partial charge on any atom is -0.381 e. The number of hydrogen-bond donors (Lipinski definition) is 1. The Hall–Kier alpha value is -0.340. The maximum atomic E-state index is 5.38. The summed E-state index contributed by atoms with van der Waals surface area (Å²) in [6.45, 7) is 7.90. The normalized spacial score (nSPS) is 24.6. The molecule has 1 fully saturated rings. The van der Waals surface area contributed by atoms with Crippen LogP contribution in [-0.2, 0) is 4.74 Å². The van der Waals surface area contributed by atoms with Crippen molar-refractivity contribution >= 4 is 0 Å². The van der Waals surface area contributed by atoms with Gasteiger partial charge in [0.2, 0.25) is 0 Å². The summed E-state index contributed by atoms with van der Waals surface area (Å²) in [5, 5.41) is 3.38. The SMILES string of the molecule is C=C(C)CCC(NC)C1CCOC1. The molecule has 2 heteroatoms. The van der Waals surface area contributed by atoms with E-state index in [0.717, 1.165) is 19.6 Å². The van der Waals surface area contributed by atoms with Crippen LogP contribution >= 0.6 is 0 Å². The Morgan fingerprint density at radius 3 is 2.92 bits per heavy atom. The molecular formula is C11H21NO.